The molecule has 0 spiro atoms. The van der Waals surface area contributed by atoms with Gasteiger partial charge in [-0.25, -0.2) is 4.79 Å². The average molecular weight is 391 g/mol. The fraction of sp³-hybridized carbons (Fsp3) is 0.636. The number of benzene rings is 1. The van der Waals surface area contributed by atoms with Crippen molar-refractivity contribution in [2.45, 2.75) is 77.0 Å². The van der Waals surface area contributed by atoms with Crippen LogP contribution in [0.3, 0.4) is 0 Å². The van der Waals surface area contributed by atoms with Crippen LogP contribution in [-0.4, -0.2) is 36.3 Å². The number of alkyl carbamates (subject to hydrolysis) is 1. The molecule has 1 saturated carbocycles. The Labute approximate surface area is 168 Å². The van der Waals surface area contributed by atoms with Crippen LogP contribution in [0.1, 0.15) is 64.9 Å². The van der Waals surface area contributed by atoms with Gasteiger partial charge in [0.15, 0.2) is 0 Å². The maximum Gasteiger partial charge on any atom is 0.408 e. The summed E-state index contributed by atoms with van der Waals surface area (Å²) in [7, 11) is 0. The predicted octanol–water partition coefficient (Wildman–Crippen LogP) is 3.94. The second-order valence-corrected chi connectivity index (χ2v) is 8.58. The zero-order valence-electron chi connectivity index (χ0n) is 17.4. The minimum absolute atomic E-state index is 0.00257. The molecule has 0 unspecified atom stereocenters. The minimum Gasteiger partial charge on any atom is -0.444 e. The van der Waals surface area contributed by atoms with Gasteiger partial charge in [-0.3, -0.25) is 4.79 Å². The molecule has 1 aliphatic carbocycles. The molecule has 2 rings (SSSR count). The standard InChI is InChI=1S/C22H34N2O4/c1-21(2,3)28-20(26)24-22(13-9-4-5-10-14-22)17-23-19(25)16-27-15-18-11-7-6-8-12-18/h6-8,11-12H,4-5,9-10,13-17H2,1-3H3,(H,23,25)(H,24,26). The van der Waals surface area contributed by atoms with E-state index >= 15 is 0 Å². The Hall–Kier alpha value is -2.08. The molecule has 0 aliphatic heterocycles. The molecule has 0 heterocycles. The second kappa shape index (κ2) is 10.5. The molecule has 156 valence electrons. The maximum absolute atomic E-state index is 12.3. The van der Waals surface area contributed by atoms with E-state index in [1.165, 1.54) is 0 Å². The first kappa shape index (κ1) is 22.2. The first-order valence-electron chi connectivity index (χ1n) is 10.2. The molecule has 6 nitrogen and oxygen atoms in total. The number of carbonyl (C=O) groups is 2. The van der Waals surface area contributed by atoms with Gasteiger partial charge in [0.1, 0.15) is 12.2 Å². The van der Waals surface area contributed by atoms with Crippen molar-refractivity contribution in [1.82, 2.24) is 10.6 Å². The third-order valence-corrected chi connectivity index (χ3v) is 4.80. The molecule has 28 heavy (non-hydrogen) atoms. The highest BCUT2D eigenvalue weighted by atomic mass is 16.6. The third-order valence-electron chi connectivity index (χ3n) is 4.80. The van der Waals surface area contributed by atoms with E-state index in [0.29, 0.717) is 13.2 Å². The minimum atomic E-state index is -0.551. The van der Waals surface area contributed by atoms with Gasteiger partial charge in [0.05, 0.1) is 12.1 Å². The lowest BCUT2D eigenvalue weighted by Gasteiger charge is -2.35. The summed E-state index contributed by atoms with van der Waals surface area (Å²) in [6.07, 6.45) is 5.57. The van der Waals surface area contributed by atoms with Gasteiger partial charge in [-0.05, 0) is 39.2 Å². The summed E-state index contributed by atoms with van der Waals surface area (Å²) >= 11 is 0. The number of ether oxygens (including phenoxy) is 2. The van der Waals surface area contributed by atoms with Gasteiger partial charge in [0.2, 0.25) is 5.91 Å². The smallest absolute Gasteiger partial charge is 0.408 e. The summed E-state index contributed by atoms with van der Waals surface area (Å²) in [5, 5.41) is 5.99. The Morgan fingerprint density at radius 2 is 1.68 bits per heavy atom. The van der Waals surface area contributed by atoms with Crippen molar-refractivity contribution in [3.8, 4) is 0 Å². The van der Waals surface area contributed by atoms with Crippen LogP contribution < -0.4 is 10.6 Å². The van der Waals surface area contributed by atoms with Gasteiger partial charge < -0.3 is 20.1 Å². The average Bonchev–Trinajstić information content (AvgIpc) is 2.85. The first-order valence-corrected chi connectivity index (χ1v) is 10.2. The van der Waals surface area contributed by atoms with Gasteiger partial charge in [-0.2, -0.15) is 0 Å². The summed E-state index contributed by atoms with van der Waals surface area (Å²) in [6.45, 7) is 6.32. The lowest BCUT2D eigenvalue weighted by atomic mass is 9.90. The molecule has 0 aromatic heterocycles. The van der Waals surface area contributed by atoms with E-state index in [1.54, 1.807) is 0 Å². The Morgan fingerprint density at radius 1 is 1.04 bits per heavy atom. The van der Waals surface area contributed by atoms with Gasteiger partial charge in [0, 0.05) is 6.54 Å². The van der Waals surface area contributed by atoms with E-state index < -0.39 is 17.2 Å². The fourth-order valence-corrected chi connectivity index (χ4v) is 3.43. The van der Waals surface area contributed by atoms with Crippen LogP contribution in [0.15, 0.2) is 30.3 Å². The van der Waals surface area contributed by atoms with Crippen LogP contribution >= 0.6 is 0 Å². The monoisotopic (exact) mass is 390 g/mol. The van der Waals surface area contributed by atoms with Crippen LogP contribution in [0, 0.1) is 0 Å². The van der Waals surface area contributed by atoms with Crippen molar-refractivity contribution in [1.29, 1.82) is 0 Å². The van der Waals surface area contributed by atoms with Crippen molar-refractivity contribution < 1.29 is 19.1 Å². The SMILES string of the molecule is CC(C)(C)OC(=O)NC1(CNC(=O)COCc2ccccc2)CCCCCC1. The number of hydrogen-bond acceptors (Lipinski definition) is 4. The number of hydrogen-bond donors (Lipinski definition) is 2. The van der Waals surface area contributed by atoms with Gasteiger partial charge in [0.25, 0.3) is 0 Å². The molecule has 0 bridgehead atoms. The van der Waals surface area contributed by atoms with E-state index in [2.05, 4.69) is 10.6 Å². The van der Waals surface area contributed by atoms with E-state index in [4.69, 9.17) is 9.47 Å². The fourth-order valence-electron chi connectivity index (χ4n) is 3.43. The molecule has 1 fully saturated rings. The number of rotatable bonds is 7. The van der Waals surface area contributed by atoms with E-state index in [9.17, 15) is 9.59 Å². The zero-order chi connectivity index (χ0) is 20.5. The first-order chi connectivity index (χ1) is 13.3. The molecule has 1 aromatic rings. The molecule has 2 amide bonds. The van der Waals surface area contributed by atoms with Gasteiger partial charge in [-0.15, -0.1) is 0 Å². The van der Waals surface area contributed by atoms with Crippen molar-refractivity contribution in [2.75, 3.05) is 13.2 Å². The number of amides is 2. The quantitative estimate of drug-likeness (QED) is 0.692. The summed E-state index contributed by atoms with van der Waals surface area (Å²) < 4.78 is 10.9. The maximum atomic E-state index is 12.3. The van der Waals surface area contributed by atoms with Crippen LogP contribution in [-0.2, 0) is 20.9 Å². The van der Waals surface area contributed by atoms with E-state index in [-0.39, 0.29) is 12.5 Å². The molecular weight excluding hydrogens is 356 g/mol. The second-order valence-electron chi connectivity index (χ2n) is 8.58. The Kier molecular flexibility index (Phi) is 8.30. The highest BCUT2D eigenvalue weighted by Gasteiger charge is 2.34. The summed E-state index contributed by atoms with van der Waals surface area (Å²) in [6, 6.07) is 9.75. The molecular formula is C22H34N2O4. The Bertz CT molecular complexity index is 617. The number of carbonyl (C=O) groups excluding carboxylic acids is 2. The molecule has 2 N–H and O–H groups in total. The van der Waals surface area contributed by atoms with E-state index in [0.717, 1.165) is 44.1 Å². The lowest BCUT2D eigenvalue weighted by Crippen LogP contribution is -2.56. The molecule has 1 aromatic carbocycles. The summed E-state index contributed by atoms with van der Waals surface area (Å²) in [5.74, 6) is -0.175. The molecule has 0 saturated heterocycles. The van der Waals surface area contributed by atoms with Gasteiger partial charge >= 0.3 is 6.09 Å². The molecule has 6 heteroatoms. The Morgan fingerprint density at radius 3 is 2.29 bits per heavy atom. The van der Waals surface area contributed by atoms with Crippen LogP contribution in [0.4, 0.5) is 4.79 Å². The van der Waals surface area contributed by atoms with Crippen LogP contribution in [0.2, 0.25) is 0 Å². The predicted molar refractivity (Wildman–Crippen MR) is 109 cm³/mol. The highest BCUT2D eigenvalue weighted by molar-refractivity contribution is 5.77. The van der Waals surface area contributed by atoms with Crippen molar-refractivity contribution in [3.63, 3.8) is 0 Å². The number of nitrogens with one attached hydrogen (secondary N) is 2. The van der Waals surface area contributed by atoms with Crippen molar-refractivity contribution in [3.05, 3.63) is 35.9 Å². The normalized spacial score (nSPS) is 16.7. The topological polar surface area (TPSA) is 76.7 Å². The van der Waals surface area contributed by atoms with E-state index in [1.807, 2.05) is 51.1 Å². The third kappa shape index (κ3) is 8.30. The largest absolute Gasteiger partial charge is 0.444 e. The van der Waals surface area contributed by atoms with Crippen molar-refractivity contribution in [2.24, 2.45) is 0 Å². The molecule has 0 atom stereocenters. The van der Waals surface area contributed by atoms with Gasteiger partial charge in [-0.1, -0.05) is 56.0 Å². The van der Waals surface area contributed by atoms with Crippen molar-refractivity contribution >= 4 is 12.0 Å². The summed E-state index contributed by atoms with van der Waals surface area (Å²) in [5.41, 5.74) is 0.0143. The summed E-state index contributed by atoms with van der Waals surface area (Å²) in [4.78, 5) is 24.6. The lowest BCUT2D eigenvalue weighted by molar-refractivity contribution is -0.126. The molecule has 0 radical (unpaired) electrons. The zero-order valence-corrected chi connectivity index (χ0v) is 17.4. The van der Waals surface area contributed by atoms with Crippen LogP contribution in [0.25, 0.3) is 0 Å². The Balaban J connectivity index is 1.85. The highest BCUT2D eigenvalue weighted by Crippen LogP contribution is 2.27. The molecule has 1 aliphatic rings. The van der Waals surface area contributed by atoms with Crippen LogP contribution in [0.5, 0.6) is 0 Å².